The van der Waals surface area contributed by atoms with E-state index >= 15 is 0 Å². The normalized spacial score (nSPS) is 12.7. The Morgan fingerprint density at radius 3 is 1.56 bits per heavy atom. The van der Waals surface area contributed by atoms with Crippen molar-refractivity contribution >= 4 is 0 Å². The molecule has 0 aliphatic rings. The first-order chi connectivity index (χ1) is 4.06. The predicted molar refractivity (Wildman–Crippen MR) is 42.4 cm³/mol. The highest BCUT2D eigenvalue weighted by Crippen LogP contribution is 2.18. The zero-order chi connectivity index (χ0) is 7.49. The SMILES string of the molecule is [CH2]C(CC)(CC)N(C)C. The van der Waals surface area contributed by atoms with Gasteiger partial charge >= 0.3 is 0 Å². The van der Waals surface area contributed by atoms with Gasteiger partial charge in [-0.15, -0.1) is 0 Å². The van der Waals surface area contributed by atoms with Crippen LogP contribution in [0.25, 0.3) is 0 Å². The van der Waals surface area contributed by atoms with Crippen molar-refractivity contribution in [1.29, 1.82) is 0 Å². The maximum absolute atomic E-state index is 4.13. The van der Waals surface area contributed by atoms with E-state index in [1.54, 1.807) is 0 Å². The summed E-state index contributed by atoms with van der Waals surface area (Å²) in [6.45, 7) is 8.49. The first-order valence-electron chi connectivity index (χ1n) is 3.59. The lowest BCUT2D eigenvalue weighted by Gasteiger charge is -2.34. The molecule has 0 atom stereocenters. The summed E-state index contributed by atoms with van der Waals surface area (Å²) in [4.78, 5) is 2.19. The molecule has 0 unspecified atom stereocenters. The average molecular weight is 128 g/mol. The molecule has 0 bridgehead atoms. The van der Waals surface area contributed by atoms with Gasteiger partial charge in [0.1, 0.15) is 0 Å². The second-order valence-corrected chi connectivity index (χ2v) is 2.83. The van der Waals surface area contributed by atoms with Crippen LogP contribution in [0.1, 0.15) is 26.7 Å². The molecule has 0 fully saturated rings. The average Bonchev–Trinajstić information content (AvgIpc) is 1.86. The summed E-state index contributed by atoms with van der Waals surface area (Å²) in [7, 11) is 4.17. The predicted octanol–water partition coefficient (Wildman–Crippen LogP) is 1.94. The number of hydrogen-bond donors (Lipinski definition) is 0. The first-order valence-corrected chi connectivity index (χ1v) is 3.59. The Balaban J connectivity index is 3.92. The number of nitrogens with zero attached hydrogens (tertiary/aromatic N) is 1. The molecule has 0 rings (SSSR count). The minimum Gasteiger partial charge on any atom is -0.304 e. The molecular weight excluding hydrogens is 110 g/mol. The van der Waals surface area contributed by atoms with Crippen LogP contribution < -0.4 is 0 Å². The van der Waals surface area contributed by atoms with Gasteiger partial charge in [0.05, 0.1) is 0 Å². The molecule has 0 aromatic carbocycles. The lowest BCUT2D eigenvalue weighted by molar-refractivity contribution is 0.191. The highest BCUT2D eigenvalue weighted by atomic mass is 15.1. The zero-order valence-corrected chi connectivity index (χ0v) is 7.07. The van der Waals surface area contributed by atoms with Crippen LogP contribution in [0.3, 0.4) is 0 Å². The molecule has 0 N–H and O–H groups in total. The molecule has 0 aliphatic heterocycles. The first kappa shape index (κ1) is 8.96. The molecule has 1 heteroatoms. The lowest BCUT2D eigenvalue weighted by atomic mass is 9.94. The zero-order valence-electron chi connectivity index (χ0n) is 7.07. The molecule has 0 saturated heterocycles. The molecule has 1 nitrogen and oxygen atoms in total. The Kier molecular flexibility index (Phi) is 3.20. The fourth-order valence-corrected chi connectivity index (χ4v) is 0.882. The van der Waals surface area contributed by atoms with Crippen LogP contribution in [0, 0.1) is 6.92 Å². The molecule has 0 aromatic rings. The summed E-state index contributed by atoms with van der Waals surface area (Å²) in [6.07, 6.45) is 2.24. The molecule has 55 valence electrons. The quantitative estimate of drug-likeness (QED) is 0.561. The molecule has 1 radical (unpaired) electrons. The van der Waals surface area contributed by atoms with Gasteiger partial charge in [0, 0.05) is 5.54 Å². The van der Waals surface area contributed by atoms with Crippen molar-refractivity contribution in [2.45, 2.75) is 32.2 Å². The highest BCUT2D eigenvalue weighted by Gasteiger charge is 2.21. The second kappa shape index (κ2) is 3.21. The topological polar surface area (TPSA) is 3.24 Å². The molecular formula is C8H18N. The third-order valence-electron chi connectivity index (χ3n) is 2.26. The maximum atomic E-state index is 4.13. The molecule has 0 aromatic heterocycles. The monoisotopic (exact) mass is 128 g/mol. The Labute approximate surface area is 59.1 Å². The van der Waals surface area contributed by atoms with E-state index in [-0.39, 0.29) is 5.54 Å². The fourth-order valence-electron chi connectivity index (χ4n) is 0.882. The van der Waals surface area contributed by atoms with Gasteiger partial charge in [-0.2, -0.15) is 0 Å². The smallest absolute Gasteiger partial charge is 0.0199 e. The Bertz CT molecular complexity index is 72.6. The van der Waals surface area contributed by atoms with E-state index in [0.29, 0.717) is 0 Å². The summed E-state index contributed by atoms with van der Waals surface area (Å²) in [6, 6.07) is 0. The van der Waals surface area contributed by atoms with Gasteiger partial charge in [-0.05, 0) is 33.9 Å². The largest absolute Gasteiger partial charge is 0.304 e. The minimum absolute atomic E-state index is 0.167. The van der Waals surface area contributed by atoms with E-state index in [0.717, 1.165) is 12.8 Å². The van der Waals surface area contributed by atoms with Crippen molar-refractivity contribution in [1.82, 2.24) is 4.90 Å². The fraction of sp³-hybridized carbons (Fsp3) is 0.875. The summed E-state index contributed by atoms with van der Waals surface area (Å²) < 4.78 is 0. The van der Waals surface area contributed by atoms with Crippen molar-refractivity contribution in [3.63, 3.8) is 0 Å². The lowest BCUT2D eigenvalue weighted by Crippen LogP contribution is -2.40. The Hall–Kier alpha value is -0.0400. The van der Waals surface area contributed by atoms with Crippen LogP contribution in [0.2, 0.25) is 0 Å². The van der Waals surface area contributed by atoms with Crippen LogP contribution in [0.4, 0.5) is 0 Å². The van der Waals surface area contributed by atoms with Crippen LogP contribution in [-0.2, 0) is 0 Å². The standard InChI is InChI=1S/C8H18N/c1-6-8(3,7-2)9(4)5/h3,6-7H2,1-2,4-5H3. The minimum atomic E-state index is 0.167. The van der Waals surface area contributed by atoms with Crippen molar-refractivity contribution in [2.75, 3.05) is 14.1 Å². The van der Waals surface area contributed by atoms with Crippen LogP contribution in [0.15, 0.2) is 0 Å². The molecule has 9 heavy (non-hydrogen) atoms. The summed E-state index contributed by atoms with van der Waals surface area (Å²) in [5, 5.41) is 0. The van der Waals surface area contributed by atoms with Crippen molar-refractivity contribution in [3.05, 3.63) is 6.92 Å². The summed E-state index contributed by atoms with van der Waals surface area (Å²) in [5.41, 5.74) is 0.167. The van der Waals surface area contributed by atoms with Crippen LogP contribution in [-0.4, -0.2) is 24.5 Å². The molecule has 0 saturated carbocycles. The molecule has 0 aliphatic carbocycles. The molecule has 0 heterocycles. The van der Waals surface area contributed by atoms with E-state index < -0.39 is 0 Å². The highest BCUT2D eigenvalue weighted by molar-refractivity contribution is 4.87. The third-order valence-corrected chi connectivity index (χ3v) is 2.26. The third kappa shape index (κ3) is 1.98. The molecule has 0 spiro atoms. The van der Waals surface area contributed by atoms with Gasteiger partial charge in [-0.3, -0.25) is 0 Å². The molecule has 0 amide bonds. The van der Waals surface area contributed by atoms with Gasteiger partial charge in [-0.1, -0.05) is 13.8 Å². The van der Waals surface area contributed by atoms with E-state index in [2.05, 4.69) is 39.8 Å². The van der Waals surface area contributed by atoms with Gasteiger partial charge in [0.2, 0.25) is 0 Å². The van der Waals surface area contributed by atoms with Crippen LogP contribution in [0.5, 0.6) is 0 Å². The number of hydrogen-bond acceptors (Lipinski definition) is 1. The Morgan fingerprint density at radius 2 is 1.56 bits per heavy atom. The van der Waals surface area contributed by atoms with Gasteiger partial charge in [0.25, 0.3) is 0 Å². The van der Waals surface area contributed by atoms with Crippen LogP contribution >= 0.6 is 0 Å². The maximum Gasteiger partial charge on any atom is 0.0199 e. The van der Waals surface area contributed by atoms with Gasteiger partial charge < -0.3 is 4.90 Å². The summed E-state index contributed by atoms with van der Waals surface area (Å²) in [5.74, 6) is 0. The Morgan fingerprint density at radius 1 is 1.22 bits per heavy atom. The van der Waals surface area contributed by atoms with E-state index in [9.17, 15) is 0 Å². The van der Waals surface area contributed by atoms with E-state index in [1.807, 2.05) is 0 Å². The van der Waals surface area contributed by atoms with Crippen molar-refractivity contribution in [3.8, 4) is 0 Å². The van der Waals surface area contributed by atoms with Gasteiger partial charge in [-0.25, -0.2) is 0 Å². The van der Waals surface area contributed by atoms with E-state index in [4.69, 9.17) is 0 Å². The summed E-state index contributed by atoms with van der Waals surface area (Å²) >= 11 is 0. The van der Waals surface area contributed by atoms with Crippen molar-refractivity contribution < 1.29 is 0 Å². The van der Waals surface area contributed by atoms with Gasteiger partial charge in [0.15, 0.2) is 0 Å². The number of rotatable bonds is 3. The van der Waals surface area contributed by atoms with Crippen molar-refractivity contribution in [2.24, 2.45) is 0 Å². The van der Waals surface area contributed by atoms with E-state index in [1.165, 1.54) is 0 Å². The second-order valence-electron chi connectivity index (χ2n) is 2.83.